The number of hydrogen-bond acceptors (Lipinski definition) is 4. The molecule has 0 aromatic heterocycles. The molecule has 1 heterocycles. The number of esters is 1. The first-order valence-electron chi connectivity index (χ1n) is 10.3. The van der Waals surface area contributed by atoms with Crippen LogP contribution in [0.1, 0.15) is 70.0 Å². The molecule has 152 valence electrons. The van der Waals surface area contributed by atoms with Gasteiger partial charge in [-0.15, -0.1) is 0 Å². The Labute approximate surface area is 173 Å². The predicted octanol–water partition coefficient (Wildman–Crippen LogP) is 4.47. The lowest BCUT2D eigenvalue weighted by molar-refractivity contribution is 0.00578. The predicted molar refractivity (Wildman–Crippen MR) is 116 cm³/mol. The van der Waals surface area contributed by atoms with Crippen molar-refractivity contribution in [2.45, 2.75) is 65.1 Å². The summed E-state index contributed by atoms with van der Waals surface area (Å²) in [6.45, 7) is 14.9. The van der Waals surface area contributed by atoms with E-state index in [1.807, 2.05) is 25.1 Å². The molecule has 2 aliphatic rings. The van der Waals surface area contributed by atoms with E-state index in [0.29, 0.717) is 12.2 Å². The van der Waals surface area contributed by atoms with Gasteiger partial charge in [-0.1, -0.05) is 38.1 Å². The number of fused-ring (bicyclic) bond motifs is 3. The standard InChI is InChI=1S/C24H29BO4/c1-8-27-21(26)15-9-11-17-18-12-10-16(14-20(18)22(2,3)19(17)13-15)25-28-23(4,5)24(6,7)29-25/h9-14H,8H2,1-7H3. The first kappa shape index (κ1) is 20.2. The topological polar surface area (TPSA) is 44.8 Å². The second-order valence-electron chi connectivity index (χ2n) is 9.50. The third-order valence-corrected chi connectivity index (χ3v) is 6.74. The molecular weight excluding hydrogens is 363 g/mol. The van der Waals surface area contributed by atoms with E-state index in [1.165, 1.54) is 16.7 Å². The number of benzene rings is 2. The van der Waals surface area contributed by atoms with E-state index in [4.69, 9.17) is 14.0 Å². The fourth-order valence-corrected chi connectivity index (χ4v) is 4.22. The minimum atomic E-state index is -0.389. The van der Waals surface area contributed by atoms with Gasteiger partial charge in [0, 0.05) is 5.41 Å². The van der Waals surface area contributed by atoms with Crippen molar-refractivity contribution < 1.29 is 18.8 Å². The van der Waals surface area contributed by atoms with Gasteiger partial charge in [-0.2, -0.15) is 0 Å². The van der Waals surface area contributed by atoms with Crippen LogP contribution in [0.5, 0.6) is 0 Å². The van der Waals surface area contributed by atoms with Crippen molar-refractivity contribution in [3.8, 4) is 11.1 Å². The van der Waals surface area contributed by atoms with Crippen molar-refractivity contribution in [2.24, 2.45) is 0 Å². The maximum Gasteiger partial charge on any atom is 0.494 e. The molecule has 1 aliphatic heterocycles. The highest BCUT2D eigenvalue weighted by Gasteiger charge is 2.52. The molecule has 2 aromatic carbocycles. The van der Waals surface area contributed by atoms with Gasteiger partial charge in [0.15, 0.2) is 0 Å². The van der Waals surface area contributed by atoms with E-state index < -0.39 is 0 Å². The minimum Gasteiger partial charge on any atom is -0.462 e. The largest absolute Gasteiger partial charge is 0.494 e. The minimum absolute atomic E-state index is 0.229. The smallest absolute Gasteiger partial charge is 0.462 e. The van der Waals surface area contributed by atoms with Crippen LogP contribution in [-0.4, -0.2) is 30.9 Å². The molecule has 0 unspecified atom stereocenters. The molecule has 4 rings (SSSR count). The molecule has 5 heteroatoms. The Morgan fingerprint density at radius 1 is 0.897 bits per heavy atom. The molecule has 2 aromatic rings. The first-order valence-corrected chi connectivity index (χ1v) is 10.3. The van der Waals surface area contributed by atoms with Gasteiger partial charge in [0.05, 0.1) is 23.4 Å². The molecule has 0 saturated carbocycles. The third-order valence-electron chi connectivity index (χ3n) is 6.74. The van der Waals surface area contributed by atoms with Gasteiger partial charge in [0.1, 0.15) is 0 Å². The van der Waals surface area contributed by atoms with E-state index in [2.05, 4.69) is 59.7 Å². The summed E-state index contributed by atoms with van der Waals surface area (Å²) in [6.07, 6.45) is 0. The number of ether oxygens (including phenoxy) is 1. The van der Waals surface area contributed by atoms with E-state index in [-0.39, 0.29) is 29.7 Å². The van der Waals surface area contributed by atoms with Gasteiger partial charge in [-0.05, 0) is 74.5 Å². The van der Waals surface area contributed by atoms with Crippen LogP contribution < -0.4 is 5.46 Å². The third kappa shape index (κ3) is 3.03. The summed E-state index contributed by atoms with van der Waals surface area (Å²) in [5.41, 5.74) is 5.37. The van der Waals surface area contributed by atoms with Crippen molar-refractivity contribution in [3.05, 3.63) is 53.1 Å². The number of carbonyl (C=O) groups is 1. The second kappa shape index (κ2) is 6.45. The van der Waals surface area contributed by atoms with Crippen molar-refractivity contribution in [2.75, 3.05) is 6.61 Å². The second-order valence-corrected chi connectivity index (χ2v) is 9.50. The average molecular weight is 392 g/mol. The summed E-state index contributed by atoms with van der Waals surface area (Å²) < 4.78 is 17.7. The lowest BCUT2D eigenvalue weighted by atomic mass is 9.74. The molecule has 0 bridgehead atoms. The Balaban J connectivity index is 1.73. The van der Waals surface area contributed by atoms with Crippen LogP contribution in [-0.2, 0) is 19.5 Å². The summed E-state index contributed by atoms with van der Waals surface area (Å²) >= 11 is 0. The maximum atomic E-state index is 12.2. The highest BCUT2D eigenvalue weighted by molar-refractivity contribution is 6.62. The fourth-order valence-electron chi connectivity index (χ4n) is 4.22. The monoisotopic (exact) mass is 392 g/mol. The molecule has 29 heavy (non-hydrogen) atoms. The summed E-state index contributed by atoms with van der Waals surface area (Å²) in [4.78, 5) is 12.2. The Bertz CT molecular complexity index is 974. The Morgan fingerprint density at radius 3 is 2.03 bits per heavy atom. The summed E-state index contributed by atoms with van der Waals surface area (Å²) in [7, 11) is -0.389. The Kier molecular flexibility index (Phi) is 4.49. The first-order chi connectivity index (χ1) is 13.5. The van der Waals surface area contributed by atoms with Crippen molar-refractivity contribution in [1.29, 1.82) is 0 Å². The van der Waals surface area contributed by atoms with E-state index in [9.17, 15) is 4.79 Å². The normalized spacial score (nSPS) is 20.3. The van der Waals surface area contributed by atoms with Gasteiger partial charge < -0.3 is 14.0 Å². The Morgan fingerprint density at radius 2 is 1.45 bits per heavy atom. The zero-order valence-corrected chi connectivity index (χ0v) is 18.4. The molecule has 4 nitrogen and oxygen atoms in total. The molecular formula is C24H29BO4. The number of carbonyl (C=O) groups excluding carboxylic acids is 1. The summed E-state index contributed by atoms with van der Waals surface area (Å²) in [5, 5.41) is 0. The van der Waals surface area contributed by atoms with Gasteiger partial charge in [-0.25, -0.2) is 4.79 Å². The van der Waals surface area contributed by atoms with Gasteiger partial charge in [0.25, 0.3) is 0 Å². The molecule has 0 N–H and O–H groups in total. The molecule has 1 aliphatic carbocycles. The van der Waals surface area contributed by atoms with Crippen LogP contribution in [0, 0.1) is 0 Å². The van der Waals surface area contributed by atoms with Crippen LogP contribution in [0.2, 0.25) is 0 Å². The van der Waals surface area contributed by atoms with E-state index in [0.717, 1.165) is 11.0 Å². The molecule has 0 amide bonds. The van der Waals surface area contributed by atoms with Crippen LogP contribution >= 0.6 is 0 Å². The maximum absolute atomic E-state index is 12.2. The molecule has 0 atom stereocenters. The van der Waals surface area contributed by atoms with Gasteiger partial charge in [-0.3, -0.25) is 0 Å². The highest BCUT2D eigenvalue weighted by Crippen LogP contribution is 2.48. The van der Waals surface area contributed by atoms with Gasteiger partial charge in [0.2, 0.25) is 0 Å². The zero-order valence-electron chi connectivity index (χ0n) is 18.4. The van der Waals surface area contributed by atoms with Crippen molar-refractivity contribution in [1.82, 2.24) is 0 Å². The van der Waals surface area contributed by atoms with Gasteiger partial charge >= 0.3 is 13.1 Å². The zero-order chi connectivity index (χ0) is 21.2. The average Bonchev–Trinajstić information content (AvgIpc) is 3.01. The SMILES string of the molecule is CCOC(=O)c1ccc2c(c1)C(C)(C)c1cc(B3OC(C)(C)C(C)(C)O3)ccc1-2. The molecule has 0 radical (unpaired) electrons. The lowest BCUT2D eigenvalue weighted by Crippen LogP contribution is -2.41. The summed E-state index contributed by atoms with van der Waals surface area (Å²) in [6, 6.07) is 12.3. The highest BCUT2D eigenvalue weighted by atomic mass is 16.7. The van der Waals surface area contributed by atoms with Crippen LogP contribution in [0.15, 0.2) is 36.4 Å². The van der Waals surface area contributed by atoms with E-state index >= 15 is 0 Å². The number of hydrogen-bond donors (Lipinski definition) is 0. The van der Waals surface area contributed by atoms with Crippen LogP contribution in [0.25, 0.3) is 11.1 Å². The van der Waals surface area contributed by atoms with Crippen molar-refractivity contribution in [3.63, 3.8) is 0 Å². The molecule has 1 saturated heterocycles. The lowest BCUT2D eigenvalue weighted by Gasteiger charge is -2.32. The fraction of sp³-hybridized carbons (Fsp3) is 0.458. The van der Waals surface area contributed by atoms with Crippen LogP contribution in [0.3, 0.4) is 0 Å². The quantitative estimate of drug-likeness (QED) is 0.571. The number of rotatable bonds is 3. The van der Waals surface area contributed by atoms with Crippen LogP contribution in [0.4, 0.5) is 0 Å². The molecule has 0 spiro atoms. The Hall–Kier alpha value is -2.11. The molecule has 1 fully saturated rings. The van der Waals surface area contributed by atoms with E-state index in [1.54, 1.807) is 0 Å². The van der Waals surface area contributed by atoms with Crippen molar-refractivity contribution >= 4 is 18.6 Å². The summed E-state index contributed by atoms with van der Waals surface area (Å²) in [5.74, 6) is -0.278.